The van der Waals surface area contributed by atoms with E-state index in [1.807, 2.05) is 30.3 Å². The molecule has 1 rings (SSSR count). The second kappa shape index (κ2) is 5.94. The van der Waals surface area contributed by atoms with Crippen molar-refractivity contribution in [3.8, 4) is 0 Å². The Hall–Kier alpha value is -0.440. The van der Waals surface area contributed by atoms with Gasteiger partial charge < -0.3 is 5.32 Å². The Morgan fingerprint density at radius 3 is 2.12 bits per heavy atom. The van der Waals surface area contributed by atoms with Crippen LogP contribution < -0.4 is 5.32 Å². The normalized spacial score (nSPS) is 13.5. The molecular weight excluding hydrogens is 280 g/mol. The third-order valence-electron chi connectivity index (χ3n) is 2.27. The first kappa shape index (κ1) is 14.6. The molecule has 1 N–H and O–H groups in total. The molecule has 0 spiro atoms. The number of carbonyl (C=O) groups is 1. The van der Waals surface area contributed by atoms with Gasteiger partial charge in [-0.3, -0.25) is 4.79 Å². The monoisotopic (exact) mass is 293 g/mol. The van der Waals surface area contributed by atoms with Crippen LogP contribution in [0, 0.1) is 5.92 Å². The maximum absolute atomic E-state index is 11.7. The maximum atomic E-state index is 11.7. The number of carbonyl (C=O) groups excluding carboxylic acids is 1. The van der Waals surface area contributed by atoms with Crippen molar-refractivity contribution in [1.29, 1.82) is 0 Å². The summed E-state index contributed by atoms with van der Waals surface area (Å²) >= 11 is 17.7. The average Bonchev–Trinajstić information content (AvgIpc) is 2.25. The first-order valence-corrected chi connectivity index (χ1v) is 6.38. The highest BCUT2D eigenvalue weighted by Crippen LogP contribution is 2.39. The molecule has 0 fully saturated rings. The molecule has 0 aliphatic carbocycles. The van der Waals surface area contributed by atoms with Crippen LogP contribution in [0.2, 0.25) is 0 Å². The number of hydrogen-bond donors (Lipinski definition) is 1. The Morgan fingerprint density at radius 2 is 1.71 bits per heavy atom. The Bertz CT molecular complexity index is 373. The molecule has 1 unspecified atom stereocenters. The van der Waals surface area contributed by atoms with Crippen molar-refractivity contribution < 1.29 is 4.79 Å². The first-order valence-electron chi connectivity index (χ1n) is 5.24. The number of hydrogen-bond acceptors (Lipinski definition) is 1. The van der Waals surface area contributed by atoms with E-state index >= 15 is 0 Å². The van der Waals surface area contributed by atoms with Crippen LogP contribution in [0.15, 0.2) is 30.3 Å². The van der Waals surface area contributed by atoms with E-state index in [1.165, 1.54) is 0 Å². The van der Waals surface area contributed by atoms with Crippen molar-refractivity contribution in [2.24, 2.45) is 5.92 Å². The lowest BCUT2D eigenvalue weighted by atomic mass is 10.1. The van der Waals surface area contributed by atoms with E-state index in [4.69, 9.17) is 34.8 Å². The summed E-state index contributed by atoms with van der Waals surface area (Å²) in [5.74, 6) is -0.307. The summed E-state index contributed by atoms with van der Waals surface area (Å²) < 4.78 is -1.58. The minimum Gasteiger partial charge on any atom is -0.345 e. The number of alkyl halides is 3. The number of benzene rings is 1. The van der Waals surface area contributed by atoms with Crippen molar-refractivity contribution in [1.82, 2.24) is 5.32 Å². The molecule has 94 valence electrons. The second-order valence-electron chi connectivity index (χ2n) is 4.05. The number of amides is 1. The van der Waals surface area contributed by atoms with Crippen molar-refractivity contribution >= 4 is 40.7 Å². The predicted molar refractivity (Wildman–Crippen MR) is 72.5 cm³/mol. The third-order valence-corrected chi connectivity index (χ3v) is 2.93. The Labute approximate surface area is 116 Å². The summed E-state index contributed by atoms with van der Waals surface area (Å²) in [6.07, 6.45) is 0. The van der Waals surface area contributed by atoms with Crippen LogP contribution in [0.5, 0.6) is 0 Å². The van der Waals surface area contributed by atoms with Gasteiger partial charge >= 0.3 is 0 Å². The van der Waals surface area contributed by atoms with Crippen molar-refractivity contribution in [3.63, 3.8) is 0 Å². The van der Waals surface area contributed by atoms with Gasteiger partial charge in [-0.1, -0.05) is 79.0 Å². The van der Waals surface area contributed by atoms with Crippen LogP contribution in [-0.2, 0) is 4.79 Å². The lowest BCUT2D eigenvalue weighted by molar-refractivity contribution is -0.124. The molecule has 1 amide bonds. The SMILES string of the molecule is CC(C)C(=O)NC(c1ccccc1)C(Cl)(Cl)Cl. The van der Waals surface area contributed by atoms with E-state index in [1.54, 1.807) is 13.8 Å². The minimum absolute atomic E-state index is 0.148. The van der Waals surface area contributed by atoms with Crippen LogP contribution in [0.25, 0.3) is 0 Å². The highest BCUT2D eigenvalue weighted by atomic mass is 35.6. The molecule has 0 saturated heterocycles. The third kappa shape index (κ3) is 4.38. The Morgan fingerprint density at radius 1 is 1.18 bits per heavy atom. The van der Waals surface area contributed by atoms with Crippen LogP contribution in [-0.4, -0.2) is 9.70 Å². The fourth-order valence-corrected chi connectivity index (χ4v) is 1.85. The van der Waals surface area contributed by atoms with Crippen LogP contribution in [0.4, 0.5) is 0 Å². The van der Waals surface area contributed by atoms with E-state index in [-0.39, 0.29) is 11.8 Å². The van der Waals surface area contributed by atoms with E-state index in [2.05, 4.69) is 5.32 Å². The zero-order valence-corrected chi connectivity index (χ0v) is 11.9. The molecule has 0 radical (unpaired) electrons. The number of rotatable bonds is 3. The van der Waals surface area contributed by atoms with Gasteiger partial charge in [-0.05, 0) is 5.56 Å². The molecule has 1 aromatic carbocycles. The number of nitrogens with one attached hydrogen (secondary N) is 1. The number of halogens is 3. The molecule has 0 bridgehead atoms. The minimum atomic E-state index is -1.58. The van der Waals surface area contributed by atoms with Gasteiger partial charge in [-0.25, -0.2) is 0 Å². The van der Waals surface area contributed by atoms with Gasteiger partial charge in [-0.2, -0.15) is 0 Å². The molecule has 2 nitrogen and oxygen atoms in total. The topological polar surface area (TPSA) is 29.1 Å². The average molecular weight is 295 g/mol. The summed E-state index contributed by atoms with van der Waals surface area (Å²) in [7, 11) is 0. The summed E-state index contributed by atoms with van der Waals surface area (Å²) in [6, 6.07) is 8.51. The molecule has 0 heterocycles. The van der Waals surface area contributed by atoms with Crippen LogP contribution in [0.3, 0.4) is 0 Å². The summed E-state index contributed by atoms with van der Waals surface area (Å²) in [5, 5.41) is 2.74. The molecule has 0 aliphatic rings. The van der Waals surface area contributed by atoms with E-state index in [0.717, 1.165) is 5.56 Å². The van der Waals surface area contributed by atoms with Gasteiger partial charge in [0.1, 0.15) is 6.04 Å². The maximum Gasteiger partial charge on any atom is 0.223 e. The van der Waals surface area contributed by atoms with Gasteiger partial charge in [0.15, 0.2) is 0 Å². The Kier molecular flexibility index (Phi) is 5.11. The summed E-state index contributed by atoms with van der Waals surface area (Å²) in [6.45, 7) is 3.57. The molecular formula is C12H14Cl3NO. The molecule has 0 aromatic heterocycles. The molecule has 0 aliphatic heterocycles. The lowest BCUT2D eigenvalue weighted by Crippen LogP contribution is -2.38. The zero-order valence-electron chi connectivity index (χ0n) is 9.58. The summed E-state index contributed by atoms with van der Waals surface area (Å²) in [5.41, 5.74) is 0.765. The smallest absolute Gasteiger partial charge is 0.223 e. The van der Waals surface area contributed by atoms with Gasteiger partial charge in [0.05, 0.1) is 0 Å². The van der Waals surface area contributed by atoms with Crippen LogP contribution in [0.1, 0.15) is 25.5 Å². The van der Waals surface area contributed by atoms with Gasteiger partial charge in [0, 0.05) is 5.92 Å². The molecule has 17 heavy (non-hydrogen) atoms. The highest BCUT2D eigenvalue weighted by molar-refractivity contribution is 6.68. The van der Waals surface area contributed by atoms with E-state index < -0.39 is 9.83 Å². The fourth-order valence-electron chi connectivity index (χ4n) is 1.31. The van der Waals surface area contributed by atoms with E-state index in [9.17, 15) is 4.79 Å². The lowest BCUT2D eigenvalue weighted by Gasteiger charge is -2.26. The fraction of sp³-hybridized carbons (Fsp3) is 0.417. The Balaban J connectivity index is 2.95. The van der Waals surface area contributed by atoms with Gasteiger partial charge in [-0.15, -0.1) is 0 Å². The van der Waals surface area contributed by atoms with Gasteiger partial charge in [0.25, 0.3) is 0 Å². The van der Waals surface area contributed by atoms with Crippen molar-refractivity contribution in [2.75, 3.05) is 0 Å². The van der Waals surface area contributed by atoms with Crippen LogP contribution >= 0.6 is 34.8 Å². The zero-order chi connectivity index (χ0) is 13.1. The second-order valence-corrected chi connectivity index (χ2v) is 6.42. The van der Waals surface area contributed by atoms with E-state index in [0.29, 0.717) is 0 Å². The highest BCUT2D eigenvalue weighted by Gasteiger charge is 2.35. The van der Waals surface area contributed by atoms with Crippen molar-refractivity contribution in [3.05, 3.63) is 35.9 Å². The van der Waals surface area contributed by atoms with Crippen molar-refractivity contribution in [2.45, 2.75) is 23.7 Å². The van der Waals surface area contributed by atoms with Gasteiger partial charge in [0.2, 0.25) is 9.70 Å². The predicted octanol–water partition coefficient (Wildman–Crippen LogP) is 3.87. The standard InChI is InChI=1S/C12H14Cl3NO/c1-8(2)11(17)16-10(12(13,14)15)9-6-4-3-5-7-9/h3-8,10H,1-2H3,(H,16,17). The first-order chi connectivity index (χ1) is 7.82. The molecule has 1 atom stereocenters. The summed E-state index contributed by atoms with van der Waals surface area (Å²) in [4.78, 5) is 11.7. The molecule has 1 aromatic rings. The molecule has 0 saturated carbocycles. The quantitative estimate of drug-likeness (QED) is 0.842. The largest absolute Gasteiger partial charge is 0.345 e. The molecule has 5 heteroatoms.